The maximum Gasteiger partial charge on any atom is 0.244 e. The van der Waals surface area contributed by atoms with Gasteiger partial charge in [-0.3, -0.25) is 0 Å². The average Bonchev–Trinajstić information content (AvgIpc) is 3.21. The number of aryl methyl sites for hydroxylation is 1. The van der Waals surface area contributed by atoms with E-state index < -0.39 is 0 Å². The highest BCUT2D eigenvalue weighted by atomic mass is 16.5. The van der Waals surface area contributed by atoms with E-state index in [2.05, 4.69) is 48.6 Å². The summed E-state index contributed by atoms with van der Waals surface area (Å²) >= 11 is 0. The Bertz CT molecular complexity index is 676. The molecule has 2 heterocycles. The third-order valence-electron chi connectivity index (χ3n) is 7.39. The van der Waals surface area contributed by atoms with Crippen molar-refractivity contribution in [3.8, 4) is 0 Å². The van der Waals surface area contributed by atoms with Gasteiger partial charge in [0.25, 0.3) is 0 Å². The fraction of sp³-hybridized carbons (Fsp3) is 0.818. The van der Waals surface area contributed by atoms with E-state index in [1.807, 2.05) is 0 Å². The van der Waals surface area contributed by atoms with Crippen LogP contribution in [-0.4, -0.2) is 23.1 Å². The molecule has 0 unspecified atom stereocenters. The van der Waals surface area contributed by atoms with Crippen LogP contribution in [0.3, 0.4) is 0 Å². The van der Waals surface area contributed by atoms with E-state index in [1.165, 1.54) is 38.5 Å². The molecule has 1 aliphatic heterocycles. The predicted molar refractivity (Wildman–Crippen MR) is 102 cm³/mol. The molecule has 26 heavy (non-hydrogen) atoms. The van der Waals surface area contributed by atoms with Gasteiger partial charge in [0.15, 0.2) is 5.90 Å². The Labute approximate surface area is 157 Å². The number of aliphatic imine (C=N–C) groups is 1. The third-order valence-corrected chi connectivity index (χ3v) is 7.39. The molecule has 1 aromatic rings. The van der Waals surface area contributed by atoms with Crippen molar-refractivity contribution in [1.29, 1.82) is 0 Å². The zero-order chi connectivity index (χ0) is 17.9. The Hall–Kier alpha value is -1.32. The second kappa shape index (κ2) is 5.84. The molecule has 0 amide bonds. The van der Waals surface area contributed by atoms with Gasteiger partial charge in [-0.1, -0.05) is 0 Å². The Morgan fingerprint density at radius 1 is 1.15 bits per heavy atom. The highest BCUT2D eigenvalue weighted by molar-refractivity contribution is 5.84. The minimum absolute atomic E-state index is 0.144. The molecule has 4 nitrogen and oxygen atoms in total. The molecule has 6 rings (SSSR count). The normalized spacial score (nSPS) is 38.5. The van der Waals surface area contributed by atoms with Gasteiger partial charge in [0.2, 0.25) is 6.33 Å². The lowest BCUT2D eigenvalue weighted by Gasteiger charge is -2.56. The summed E-state index contributed by atoms with van der Waals surface area (Å²) < 4.78 is 10.8. The van der Waals surface area contributed by atoms with Gasteiger partial charge in [-0.15, -0.1) is 0 Å². The van der Waals surface area contributed by atoms with E-state index in [0.29, 0.717) is 11.5 Å². The number of aromatic nitrogens is 2. The molecule has 1 aromatic heterocycles. The van der Waals surface area contributed by atoms with E-state index in [9.17, 15) is 0 Å². The van der Waals surface area contributed by atoms with Gasteiger partial charge >= 0.3 is 0 Å². The van der Waals surface area contributed by atoms with Crippen LogP contribution >= 0.6 is 0 Å². The average molecular weight is 357 g/mol. The highest BCUT2D eigenvalue weighted by Crippen LogP contribution is 2.61. The summed E-state index contributed by atoms with van der Waals surface area (Å²) in [5.74, 6) is 4.02. The van der Waals surface area contributed by atoms with E-state index in [1.54, 1.807) is 0 Å². The summed E-state index contributed by atoms with van der Waals surface area (Å²) in [5.41, 5.74) is 0.470. The standard InChI is InChI=1S/C22H34N3O/c1-21(2,3)25-7-6-24(15-25)5-4-19-14-26-20(23-19)22-11-16-8-17(12-22)10-18(9-16)13-22/h6-7,15-19H,4-5,8-14H2,1-3H3/q+1/t16?,17?,18?,19-,22?/m0/s1. The molecular weight excluding hydrogens is 322 g/mol. The first kappa shape index (κ1) is 16.8. The second-order valence-corrected chi connectivity index (χ2v) is 10.6. The number of imidazole rings is 1. The maximum atomic E-state index is 6.23. The number of hydrogen-bond acceptors (Lipinski definition) is 2. The van der Waals surface area contributed by atoms with Gasteiger partial charge in [-0.25, -0.2) is 14.1 Å². The predicted octanol–water partition coefficient (Wildman–Crippen LogP) is 3.93. The lowest BCUT2D eigenvalue weighted by atomic mass is 9.49. The molecule has 4 fully saturated rings. The van der Waals surface area contributed by atoms with Gasteiger partial charge in [-0.05, 0) is 77.0 Å². The summed E-state index contributed by atoms with van der Waals surface area (Å²) in [6.07, 6.45) is 16.2. The Morgan fingerprint density at radius 2 is 1.81 bits per heavy atom. The van der Waals surface area contributed by atoms with Crippen LogP contribution in [0, 0.1) is 23.2 Å². The van der Waals surface area contributed by atoms with E-state index in [-0.39, 0.29) is 5.54 Å². The van der Waals surface area contributed by atoms with Crippen LogP contribution in [0.25, 0.3) is 0 Å². The van der Waals surface area contributed by atoms with Crippen LogP contribution in [0.2, 0.25) is 0 Å². The highest BCUT2D eigenvalue weighted by Gasteiger charge is 2.55. The molecule has 0 aromatic carbocycles. The molecule has 5 aliphatic rings. The van der Waals surface area contributed by atoms with Gasteiger partial charge in [0.1, 0.15) is 24.5 Å². The van der Waals surface area contributed by atoms with Crippen molar-refractivity contribution in [2.45, 2.75) is 83.8 Å². The van der Waals surface area contributed by atoms with Crippen molar-refractivity contribution >= 4 is 5.90 Å². The van der Waals surface area contributed by atoms with E-state index in [4.69, 9.17) is 9.73 Å². The van der Waals surface area contributed by atoms with Gasteiger partial charge < -0.3 is 4.74 Å². The monoisotopic (exact) mass is 356 g/mol. The summed E-state index contributed by atoms with van der Waals surface area (Å²) in [7, 11) is 0. The molecule has 0 N–H and O–H groups in total. The minimum atomic E-state index is 0.144. The molecule has 4 aliphatic carbocycles. The van der Waals surface area contributed by atoms with Crippen LogP contribution in [0.15, 0.2) is 23.7 Å². The van der Waals surface area contributed by atoms with E-state index in [0.717, 1.165) is 43.2 Å². The van der Waals surface area contributed by atoms with Crippen LogP contribution in [0.4, 0.5) is 0 Å². The molecule has 0 saturated heterocycles. The topological polar surface area (TPSA) is 30.4 Å². The molecule has 1 atom stereocenters. The first-order chi connectivity index (χ1) is 12.4. The largest absolute Gasteiger partial charge is 0.478 e. The van der Waals surface area contributed by atoms with Gasteiger partial charge in [-0.2, -0.15) is 0 Å². The van der Waals surface area contributed by atoms with Gasteiger partial charge in [0.05, 0.1) is 12.6 Å². The fourth-order valence-corrected chi connectivity index (χ4v) is 6.45. The van der Waals surface area contributed by atoms with Crippen molar-refractivity contribution in [3.63, 3.8) is 0 Å². The zero-order valence-corrected chi connectivity index (χ0v) is 16.7. The van der Waals surface area contributed by atoms with Crippen LogP contribution in [0.1, 0.15) is 65.7 Å². The lowest BCUT2D eigenvalue weighted by molar-refractivity contribution is -0.697. The SMILES string of the molecule is CC(C)(C)n1cc[n+](CC[C@H]2COC(C34CC5CC(CC(C5)C3)C4)=N2)c1. The lowest BCUT2D eigenvalue weighted by Crippen LogP contribution is -2.50. The van der Waals surface area contributed by atoms with Crippen molar-refractivity contribution < 1.29 is 9.30 Å². The molecule has 142 valence electrons. The second-order valence-electron chi connectivity index (χ2n) is 10.6. The van der Waals surface area contributed by atoms with Crippen LogP contribution in [-0.2, 0) is 16.8 Å². The van der Waals surface area contributed by atoms with Crippen molar-refractivity contribution in [2.75, 3.05) is 6.61 Å². The summed E-state index contributed by atoms with van der Waals surface area (Å²) in [6.45, 7) is 8.55. The van der Waals surface area contributed by atoms with E-state index >= 15 is 0 Å². The number of rotatable bonds is 4. The van der Waals surface area contributed by atoms with Crippen molar-refractivity contribution in [2.24, 2.45) is 28.2 Å². The molecule has 4 saturated carbocycles. The van der Waals surface area contributed by atoms with Crippen LogP contribution in [0.5, 0.6) is 0 Å². The fourth-order valence-electron chi connectivity index (χ4n) is 6.45. The minimum Gasteiger partial charge on any atom is -0.478 e. The first-order valence-electron chi connectivity index (χ1n) is 10.7. The van der Waals surface area contributed by atoms with Crippen molar-refractivity contribution in [3.05, 3.63) is 18.7 Å². The molecule has 4 heteroatoms. The first-order valence-corrected chi connectivity index (χ1v) is 10.7. The molecule has 0 spiro atoms. The number of hydrogen-bond donors (Lipinski definition) is 0. The van der Waals surface area contributed by atoms with Gasteiger partial charge in [0, 0.05) is 11.8 Å². The zero-order valence-electron chi connectivity index (χ0n) is 16.7. The van der Waals surface area contributed by atoms with Crippen LogP contribution < -0.4 is 4.57 Å². The molecule has 0 radical (unpaired) electrons. The number of ether oxygens (including phenoxy) is 1. The number of nitrogens with zero attached hydrogens (tertiary/aromatic N) is 3. The maximum absolute atomic E-state index is 6.23. The Balaban J connectivity index is 1.24. The molecular formula is C22H34N3O+. The quantitative estimate of drug-likeness (QED) is 0.752. The van der Waals surface area contributed by atoms with Crippen molar-refractivity contribution in [1.82, 2.24) is 4.57 Å². The third kappa shape index (κ3) is 2.90. The Morgan fingerprint density at radius 3 is 2.38 bits per heavy atom. The summed E-state index contributed by atoms with van der Waals surface area (Å²) in [6, 6.07) is 0.350. The summed E-state index contributed by atoms with van der Waals surface area (Å²) in [4.78, 5) is 5.12. The molecule has 4 bridgehead atoms. The smallest absolute Gasteiger partial charge is 0.244 e. The summed E-state index contributed by atoms with van der Waals surface area (Å²) in [5, 5.41) is 0. The Kier molecular flexibility index (Phi) is 3.78.